The molecule has 0 aromatic carbocycles. The van der Waals surface area contributed by atoms with E-state index in [4.69, 9.17) is 4.74 Å². The standard InChI is InChI=1S/C15H22INOS/c1-2-13-10(6-7-18-13)9-17-12-4-3-5-14-11(12)8-15(16)19-14/h8,10,12-13,17H,2-7,9H2,1H3. The maximum Gasteiger partial charge on any atom is 0.0659 e. The predicted octanol–water partition coefficient (Wildman–Crippen LogP) is 4.13. The molecule has 2 heterocycles. The Labute approximate surface area is 133 Å². The zero-order chi connectivity index (χ0) is 13.2. The molecule has 4 heteroatoms. The molecular formula is C15H22INOS. The molecule has 1 aromatic rings. The fourth-order valence-electron chi connectivity index (χ4n) is 3.40. The molecule has 1 aliphatic carbocycles. The molecule has 1 N–H and O–H groups in total. The van der Waals surface area contributed by atoms with E-state index in [2.05, 4.69) is 40.9 Å². The van der Waals surface area contributed by atoms with E-state index in [9.17, 15) is 0 Å². The number of ether oxygens (including phenoxy) is 1. The monoisotopic (exact) mass is 391 g/mol. The largest absolute Gasteiger partial charge is 0.378 e. The highest BCUT2D eigenvalue weighted by atomic mass is 127. The summed E-state index contributed by atoms with van der Waals surface area (Å²) in [5, 5.41) is 3.82. The molecule has 106 valence electrons. The van der Waals surface area contributed by atoms with Gasteiger partial charge in [0.1, 0.15) is 0 Å². The average Bonchev–Trinajstić information content (AvgIpc) is 3.00. The minimum absolute atomic E-state index is 0.484. The van der Waals surface area contributed by atoms with Crippen LogP contribution < -0.4 is 5.32 Å². The SMILES string of the molecule is CCC1OCCC1CNC1CCCc2sc(I)cc21. The first kappa shape index (κ1) is 14.3. The molecule has 2 nitrogen and oxygen atoms in total. The summed E-state index contributed by atoms with van der Waals surface area (Å²) < 4.78 is 7.23. The van der Waals surface area contributed by atoms with Gasteiger partial charge in [-0.1, -0.05) is 6.92 Å². The number of rotatable bonds is 4. The average molecular weight is 391 g/mol. The number of halogens is 1. The fourth-order valence-corrected chi connectivity index (χ4v) is 5.52. The first-order chi connectivity index (χ1) is 9.28. The lowest BCUT2D eigenvalue weighted by molar-refractivity contribution is 0.0864. The zero-order valence-corrected chi connectivity index (χ0v) is 14.4. The fraction of sp³-hybridized carbons (Fsp3) is 0.733. The molecule has 1 fully saturated rings. The van der Waals surface area contributed by atoms with Crippen molar-refractivity contribution >= 4 is 33.9 Å². The van der Waals surface area contributed by atoms with E-state index < -0.39 is 0 Å². The third-order valence-corrected chi connectivity index (χ3v) is 6.43. The van der Waals surface area contributed by atoms with Gasteiger partial charge in [0.2, 0.25) is 0 Å². The second-order valence-electron chi connectivity index (χ2n) is 5.65. The maximum atomic E-state index is 5.79. The van der Waals surface area contributed by atoms with Crippen LogP contribution in [-0.2, 0) is 11.2 Å². The minimum atomic E-state index is 0.484. The lowest BCUT2D eigenvalue weighted by atomic mass is 9.92. The highest BCUT2D eigenvalue weighted by molar-refractivity contribution is 14.1. The Hall–Kier alpha value is 0.350. The van der Waals surface area contributed by atoms with E-state index in [0.29, 0.717) is 18.1 Å². The number of fused-ring (bicyclic) bond motifs is 1. The number of aryl methyl sites for hydroxylation is 1. The molecule has 0 spiro atoms. The van der Waals surface area contributed by atoms with E-state index in [0.717, 1.165) is 19.6 Å². The van der Waals surface area contributed by atoms with Gasteiger partial charge in [0.05, 0.1) is 8.99 Å². The molecule has 19 heavy (non-hydrogen) atoms. The smallest absolute Gasteiger partial charge is 0.0659 e. The van der Waals surface area contributed by atoms with Gasteiger partial charge in [0.15, 0.2) is 0 Å². The summed E-state index contributed by atoms with van der Waals surface area (Å²) in [5.41, 5.74) is 1.58. The lowest BCUT2D eigenvalue weighted by Gasteiger charge is -2.26. The Kier molecular flexibility index (Phi) is 4.82. The maximum absolute atomic E-state index is 5.79. The first-order valence-electron chi connectivity index (χ1n) is 7.41. The van der Waals surface area contributed by atoms with E-state index in [1.165, 1.54) is 28.6 Å². The Bertz CT molecular complexity index is 434. The molecule has 1 aromatic heterocycles. The quantitative estimate of drug-likeness (QED) is 0.780. The van der Waals surface area contributed by atoms with Crippen molar-refractivity contribution in [1.82, 2.24) is 5.32 Å². The Balaban J connectivity index is 1.61. The van der Waals surface area contributed by atoms with Crippen molar-refractivity contribution < 1.29 is 4.74 Å². The van der Waals surface area contributed by atoms with Gasteiger partial charge in [-0.25, -0.2) is 0 Å². The van der Waals surface area contributed by atoms with Gasteiger partial charge in [-0.3, -0.25) is 0 Å². The minimum Gasteiger partial charge on any atom is -0.378 e. The van der Waals surface area contributed by atoms with Crippen molar-refractivity contribution in [2.24, 2.45) is 5.92 Å². The second kappa shape index (κ2) is 6.41. The molecule has 0 saturated carbocycles. The van der Waals surface area contributed by atoms with Crippen LogP contribution >= 0.6 is 33.9 Å². The lowest BCUT2D eigenvalue weighted by Crippen LogP contribution is -2.32. The molecule has 2 aliphatic rings. The Morgan fingerprint density at radius 2 is 2.37 bits per heavy atom. The second-order valence-corrected chi connectivity index (χ2v) is 8.68. The van der Waals surface area contributed by atoms with Crippen LogP contribution in [-0.4, -0.2) is 19.3 Å². The van der Waals surface area contributed by atoms with E-state index in [-0.39, 0.29) is 0 Å². The number of hydrogen-bond donors (Lipinski definition) is 1. The molecule has 3 unspecified atom stereocenters. The van der Waals surface area contributed by atoms with Gasteiger partial charge in [-0.2, -0.15) is 0 Å². The van der Waals surface area contributed by atoms with Gasteiger partial charge < -0.3 is 10.1 Å². The summed E-state index contributed by atoms with van der Waals surface area (Å²) in [5.74, 6) is 0.716. The highest BCUT2D eigenvalue weighted by Gasteiger charge is 2.28. The summed E-state index contributed by atoms with van der Waals surface area (Å²) in [6, 6.07) is 2.97. The molecule has 0 radical (unpaired) electrons. The van der Waals surface area contributed by atoms with Crippen molar-refractivity contribution in [2.75, 3.05) is 13.2 Å². The van der Waals surface area contributed by atoms with Crippen LogP contribution in [0.5, 0.6) is 0 Å². The van der Waals surface area contributed by atoms with Gasteiger partial charge in [-0.15, -0.1) is 11.3 Å². The van der Waals surface area contributed by atoms with Crippen molar-refractivity contribution in [1.29, 1.82) is 0 Å². The van der Waals surface area contributed by atoms with Crippen LogP contribution in [0.2, 0.25) is 0 Å². The molecule has 0 amide bonds. The van der Waals surface area contributed by atoms with Gasteiger partial charge >= 0.3 is 0 Å². The normalized spacial score (nSPS) is 30.5. The summed E-state index contributed by atoms with van der Waals surface area (Å²) in [6.07, 6.45) is 6.78. The summed E-state index contributed by atoms with van der Waals surface area (Å²) in [4.78, 5) is 1.61. The van der Waals surface area contributed by atoms with Crippen molar-refractivity contribution in [3.63, 3.8) is 0 Å². The third kappa shape index (κ3) is 3.17. The zero-order valence-electron chi connectivity index (χ0n) is 11.5. The van der Waals surface area contributed by atoms with Crippen molar-refractivity contribution in [3.8, 4) is 0 Å². The van der Waals surface area contributed by atoms with Crippen LogP contribution in [0.4, 0.5) is 0 Å². The van der Waals surface area contributed by atoms with Crippen LogP contribution in [0, 0.1) is 8.80 Å². The molecular weight excluding hydrogens is 369 g/mol. The van der Waals surface area contributed by atoms with Crippen LogP contribution in [0.1, 0.15) is 49.1 Å². The van der Waals surface area contributed by atoms with Crippen LogP contribution in [0.15, 0.2) is 6.07 Å². The van der Waals surface area contributed by atoms with Crippen LogP contribution in [0.3, 0.4) is 0 Å². The van der Waals surface area contributed by atoms with Crippen molar-refractivity contribution in [2.45, 2.75) is 51.2 Å². The topological polar surface area (TPSA) is 21.3 Å². The Morgan fingerprint density at radius 3 is 3.21 bits per heavy atom. The summed E-state index contributed by atoms with van der Waals surface area (Å²) in [7, 11) is 0. The molecule has 0 bridgehead atoms. The Morgan fingerprint density at radius 1 is 1.47 bits per heavy atom. The van der Waals surface area contributed by atoms with E-state index >= 15 is 0 Å². The summed E-state index contributed by atoms with van der Waals surface area (Å²) in [6.45, 7) is 4.31. The molecule has 3 atom stereocenters. The van der Waals surface area contributed by atoms with Gasteiger partial charge in [-0.05, 0) is 72.2 Å². The first-order valence-corrected chi connectivity index (χ1v) is 9.30. The molecule has 1 aliphatic heterocycles. The molecule has 3 rings (SSSR count). The van der Waals surface area contributed by atoms with E-state index in [1.54, 1.807) is 10.4 Å². The van der Waals surface area contributed by atoms with Gasteiger partial charge in [0.25, 0.3) is 0 Å². The van der Waals surface area contributed by atoms with Gasteiger partial charge in [0, 0.05) is 24.1 Å². The highest BCUT2D eigenvalue weighted by Crippen LogP contribution is 2.36. The van der Waals surface area contributed by atoms with Crippen LogP contribution in [0.25, 0.3) is 0 Å². The number of thiophene rings is 1. The number of nitrogens with one attached hydrogen (secondary N) is 1. The van der Waals surface area contributed by atoms with Crippen molar-refractivity contribution in [3.05, 3.63) is 19.4 Å². The summed E-state index contributed by atoms with van der Waals surface area (Å²) >= 11 is 4.44. The third-order valence-electron chi connectivity index (χ3n) is 4.46. The van der Waals surface area contributed by atoms with E-state index in [1.807, 2.05) is 11.3 Å². The predicted molar refractivity (Wildman–Crippen MR) is 88.9 cm³/mol. The molecule has 1 saturated heterocycles. The number of hydrogen-bond acceptors (Lipinski definition) is 3.